The first-order valence-corrected chi connectivity index (χ1v) is 6.50. The van der Waals surface area contributed by atoms with Crippen molar-refractivity contribution in [2.24, 2.45) is 5.92 Å². The summed E-state index contributed by atoms with van der Waals surface area (Å²) in [5.41, 5.74) is -0.290. The molecule has 0 bridgehead atoms. The largest absolute Gasteiger partial charge is 0.444 e. The van der Waals surface area contributed by atoms with Crippen LogP contribution in [-0.4, -0.2) is 28.7 Å². The minimum atomic E-state index is -0.397. The third kappa shape index (κ3) is 2.07. The monoisotopic (exact) mass is 237 g/mol. The summed E-state index contributed by atoms with van der Waals surface area (Å²) in [5.74, 6) is 0.598. The smallest absolute Gasteiger partial charge is 0.410 e. The second-order valence-corrected chi connectivity index (χ2v) is 6.27. The molecule has 2 aliphatic rings. The second kappa shape index (κ2) is 4.04. The van der Waals surface area contributed by atoms with Gasteiger partial charge in [0.2, 0.25) is 0 Å². The fraction of sp³-hybridized carbons (Fsp3) is 0.786. The van der Waals surface area contributed by atoms with Crippen LogP contribution in [0.1, 0.15) is 46.5 Å². The third-order valence-corrected chi connectivity index (χ3v) is 3.98. The van der Waals surface area contributed by atoms with Crippen molar-refractivity contribution in [2.75, 3.05) is 6.54 Å². The average molecular weight is 237 g/mol. The van der Waals surface area contributed by atoms with E-state index in [1.165, 1.54) is 6.42 Å². The van der Waals surface area contributed by atoms with Gasteiger partial charge < -0.3 is 9.64 Å². The first-order valence-electron chi connectivity index (χ1n) is 6.50. The number of carbonyl (C=O) groups is 1. The molecule has 1 unspecified atom stereocenters. The van der Waals surface area contributed by atoms with Gasteiger partial charge in [-0.15, -0.1) is 6.58 Å². The van der Waals surface area contributed by atoms with Gasteiger partial charge in [0.05, 0.1) is 5.54 Å². The molecule has 0 aromatic rings. The zero-order valence-corrected chi connectivity index (χ0v) is 11.2. The molecule has 1 atom stereocenters. The molecule has 0 aromatic heterocycles. The van der Waals surface area contributed by atoms with E-state index in [1.54, 1.807) is 0 Å². The molecule has 1 aliphatic heterocycles. The van der Waals surface area contributed by atoms with Crippen molar-refractivity contribution in [3.8, 4) is 0 Å². The zero-order chi connectivity index (χ0) is 12.7. The van der Waals surface area contributed by atoms with Crippen molar-refractivity contribution in [3.05, 3.63) is 12.7 Å². The molecular weight excluding hydrogens is 214 g/mol. The van der Waals surface area contributed by atoms with Crippen LogP contribution in [0.5, 0.6) is 0 Å². The highest BCUT2D eigenvalue weighted by molar-refractivity contribution is 5.71. The lowest BCUT2D eigenvalue weighted by molar-refractivity contribution is -0.125. The number of likely N-dealkylation sites (tertiary alicyclic amines) is 1. The Kier molecular flexibility index (Phi) is 2.96. The van der Waals surface area contributed by atoms with Crippen molar-refractivity contribution < 1.29 is 9.53 Å². The van der Waals surface area contributed by atoms with E-state index in [4.69, 9.17) is 4.74 Å². The second-order valence-electron chi connectivity index (χ2n) is 6.27. The van der Waals surface area contributed by atoms with E-state index in [9.17, 15) is 4.79 Å². The average Bonchev–Trinajstić information content (AvgIpc) is 2.05. The molecule has 0 radical (unpaired) electrons. The minimum Gasteiger partial charge on any atom is -0.444 e. The highest BCUT2D eigenvalue weighted by Crippen LogP contribution is 2.52. The molecule has 1 aliphatic carbocycles. The Labute approximate surface area is 104 Å². The van der Waals surface area contributed by atoms with Crippen LogP contribution in [0.25, 0.3) is 0 Å². The van der Waals surface area contributed by atoms with E-state index in [2.05, 4.69) is 6.58 Å². The Hall–Kier alpha value is -0.990. The molecule has 2 rings (SSSR count). The summed E-state index contributed by atoms with van der Waals surface area (Å²) in [4.78, 5) is 14.0. The fourth-order valence-corrected chi connectivity index (χ4v) is 2.97. The van der Waals surface area contributed by atoms with Gasteiger partial charge >= 0.3 is 6.09 Å². The van der Waals surface area contributed by atoms with E-state index < -0.39 is 5.60 Å². The molecule has 1 amide bonds. The lowest BCUT2D eigenvalue weighted by Gasteiger charge is -2.63. The summed E-state index contributed by atoms with van der Waals surface area (Å²) in [7, 11) is 0. The van der Waals surface area contributed by atoms with E-state index in [1.807, 2.05) is 31.7 Å². The first kappa shape index (κ1) is 12.5. The first-order chi connectivity index (χ1) is 7.89. The number of hydrogen-bond donors (Lipinski definition) is 0. The topological polar surface area (TPSA) is 29.5 Å². The van der Waals surface area contributed by atoms with E-state index in [-0.39, 0.29) is 11.6 Å². The van der Waals surface area contributed by atoms with Crippen molar-refractivity contribution in [3.63, 3.8) is 0 Å². The highest BCUT2D eigenvalue weighted by atomic mass is 16.6. The predicted molar refractivity (Wildman–Crippen MR) is 67.8 cm³/mol. The zero-order valence-electron chi connectivity index (χ0n) is 11.2. The van der Waals surface area contributed by atoms with Gasteiger partial charge in [0, 0.05) is 12.5 Å². The molecule has 0 aromatic carbocycles. The highest BCUT2D eigenvalue weighted by Gasteiger charge is 2.58. The SMILES string of the molecule is C=CCC1CN(C(=O)OC(C)(C)C)C12CCC2. The van der Waals surface area contributed by atoms with Crippen LogP contribution >= 0.6 is 0 Å². The van der Waals surface area contributed by atoms with Crippen LogP contribution in [-0.2, 0) is 4.74 Å². The standard InChI is InChI=1S/C14H23NO2/c1-5-7-11-10-15(14(11)8-6-9-14)12(16)17-13(2,3)4/h5,11H,1,6-10H2,2-4H3. The summed E-state index contributed by atoms with van der Waals surface area (Å²) in [6.07, 6.45) is 6.33. The van der Waals surface area contributed by atoms with Crippen molar-refractivity contribution >= 4 is 6.09 Å². The summed E-state index contributed by atoms with van der Waals surface area (Å²) in [6, 6.07) is 0. The van der Waals surface area contributed by atoms with Crippen molar-refractivity contribution in [1.29, 1.82) is 0 Å². The summed E-state index contributed by atoms with van der Waals surface area (Å²) in [6.45, 7) is 10.4. The lowest BCUT2D eigenvalue weighted by atomic mass is 9.60. The van der Waals surface area contributed by atoms with Crippen LogP contribution < -0.4 is 0 Å². The van der Waals surface area contributed by atoms with Crippen molar-refractivity contribution in [1.82, 2.24) is 4.90 Å². The molecule has 96 valence electrons. The number of ether oxygens (including phenoxy) is 1. The van der Waals surface area contributed by atoms with E-state index in [0.29, 0.717) is 5.92 Å². The number of amides is 1. The van der Waals surface area contributed by atoms with Gasteiger partial charge in [0.25, 0.3) is 0 Å². The van der Waals surface area contributed by atoms with Crippen molar-refractivity contribution in [2.45, 2.75) is 57.6 Å². The maximum Gasteiger partial charge on any atom is 0.410 e. The normalized spacial score (nSPS) is 26.1. The fourth-order valence-electron chi connectivity index (χ4n) is 2.97. The molecule has 17 heavy (non-hydrogen) atoms. The van der Waals surface area contributed by atoms with E-state index in [0.717, 1.165) is 25.8 Å². The maximum absolute atomic E-state index is 12.1. The van der Waals surface area contributed by atoms with E-state index >= 15 is 0 Å². The van der Waals surface area contributed by atoms with Gasteiger partial charge in [-0.25, -0.2) is 4.79 Å². The molecule has 1 heterocycles. The van der Waals surface area contributed by atoms with Crippen LogP contribution in [0, 0.1) is 5.92 Å². The summed E-state index contributed by atoms with van der Waals surface area (Å²) < 4.78 is 5.46. The Morgan fingerprint density at radius 3 is 2.59 bits per heavy atom. The van der Waals surface area contributed by atoms with Gasteiger partial charge in [0.1, 0.15) is 5.60 Å². The quantitative estimate of drug-likeness (QED) is 0.689. The molecule has 2 fully saturated rings. The number of rotatable bonds is 2. The molecule has 1 saturated heterocycles. The molecule has 0 N–H and O–H groups in total. The third-order valence-electron chi connectivity index (χ3n) is 3.98. The number of hydrogen-bond acceptors (Lipinski definition) is 2. The molecule has 3 heteroatoms. The Bertz CT molecular complexity index is 326. The molecular formula is C14H23NO2. The Balaban J connectivity index is 1.99. The predicted octanol–water partition coefficient (Wildman–Crippen LogP) is 3.35. The number of allylic oxidation sites excluding steroid dienone is 1. The van der Waals surface area contributed by atoms with Crippen LogP contribution in [0.3, 0.4) is 0 Å². The molecule has 1 saturated carbocycles. The lowest BCUT2D eigenvalue weighted by Crippen LogP contribution is -2.72. The van der Waals surface area contributed by atoms with Crippen LogP contribution in [0.2, 0.25) is 0 Å². The molecule has 1 spiro atoms. The van der Waals surface area contributed by atoms with Crippen LogP contribution in [0.15, 0.2) is 12.7 Å². The van der Waals surface area contributed by atoms with Gasteiger partial charge in [-0.2, -0.15) is 0 Å². The summed E-state index contributed by atoms with van der Waals surface area (Å²) >= 11 is 0. The Morgan fingerprint density at radius 2 is 2.18 bits per heavy atom. The Morgan fingerprint density at radius 1 is 1.53 bits per heavy atom. The maximum atomic E-state index is 12.1. The summed E-state index contributed by atoms with van der Waals surface area (Å²) in [5, 5.41) is 0. The van der Waals surface area contributed by atoms with Gasteiger partial charge in [-0.05, 0) is 46.5 Å². The number of carbonyl (C=O) groups excluding carboxylic acids is 1. The minimum absolute atomic E-state index is 0.108. The van der Waals surface area contributed by atoms with Gasteiger partial charge in [0.15, 0.2) is 0 Å². The van der Waals surface area contributed by atoms with Gasteiger partial charge in [-0.1, -0.05) is 6.08 Å². The number of nitrogens with zero attached hydrogens (tertiary/aromatic N) is 1. The molecule has 3 nitrogen and oxygen atoms in total. The van der Waals surface area contributed by atoms with Crippen LogP contribution in [0.4, 0.5) is 4.79 Å². The van der Waals surface area contributed by atoms with Gasteiger partial charge in [-0.3, -0.25) is 0 Å².